The lowest BCUT2D eigenvalue weighted by atomic mass is 9.85. The number of nitrogens with zero attached hydrogens (tertiary/aromatic N) is 3. The second kappa shape index (κ2) is 5.71. The summed E-state index contributed by atoms with van der Waals surface area (Å²) < 4.78 is 6.17. The number of anilines is 2. The Morgan fingerprint density at radius 1 is 1.33 bits per heavy atom. The molecule has 1 fully saturated rings. The van der Waals surface area contributed by atoms with Gasteiger partial charge in [-0.05, 0) is 30.9 Å². The maximum atomic E-state index is 11.3. The van der Waals surface area contributed by atoms with E-state index in [2.05, 4.69) is 14.9 Å². The Labute approximate surface area is 143 Å². The number of thiophene rings is 1. The third kappa shape index (κ3) is 2.51. The SMILES string of the molecule is Nc1cc(N2CCC3(CC2)OCCc2cc(C(=O)O)sc23)ncn1. The number of ether oxygens (including phenoxy) is 1. The number of nitrogen functional groups attached to an aromatic ring is 1. The van der Waals surface area contributed by atoms with Crippen molar-refractivity contribution >= 4 is 28.9 Å². The second-order valence-corrected chi connectivity index (χ2v) is 7.20. The number of carbonyl (C=O) groups is 1. The van der Waals surface area contributed by atoms with Crippen LogP contribution >= 0.6 is 11.3 Å². The molecule has 2 aliphatic heterocycles. The first-order valence-corrected chi connectivity index (χ1v) is 8.72. The Bertz CT molecular complexity index is 783. The van der Waals surface area contributed by atoms with Gasteiger partial charge in [0.25, 0.3) is 0 Å². The molecule has 2 aromatic rings. The lowest BCUT2D eigenvalue weighted by Crippen LogP contribution is -2.46. The van der Waals surface area contributed by atoms with Crippen molar-refractivity contribution < 1.29 is 14.6 Å². The zero-order chi connectivity index (χ0) is 16.7. The highest BCUT2D eigenvalue weighted by Crippen LogP contribution is 2.45. The van der Waals surface area contributed by atoms with Gasteiger partial charge in [-0.1, -0.05) is 0 Å². The van der Waals surface area contributed by atoms with E-state index in [1.165, 1.54) is 17.7 Å². The standard InChI is InChI=1S/C16H18N4O3S/c17-12-8-13(19-9-18-12)20-4-2-16(3-5-20)14-10(1-6-23-16)7-11(24-14)15(21)22/h7-9H,1-6H2,(H,21,22)(H2,17,18,19). The van der Waals surface area contributed by atoms with Gasteiger partial charge in [0.15, 0.2) is 0 Å². The fourth-order valence-corrected chi connectivity index (χ4v) is 4.78. The van der Waals surface area contributed by atoms with E-state index in [1.807, 2.05) is 6.07 Å². The molecular weight excluding hydrogens is 328 g/mol. The number of hydrogen-bond acceptors (Lipinski definition) is 7. The number of fused-ring (bicyclic) bond motifs is 2. The minimum absolute atomic E-state index is 0.360. The molecule has 2 aliphatic rings. The molecular formula is C16H18N4O3S. The highest BCUT2D eigenvalue weighted by molar-refractivity contribution is 7.14. The maximum Gasteiger partial charge on any atom is 0.345 e. The van der Waals surface area contributed by atoms with Gasteiger partial charge in [0.2, 0.25) is 0 Å². The molecule has 0 amide bonds. The molecule has 1 spiro atoms. The summed E-state index contributed by atoms with van der Waals surface area (Å²) in [4.78, 5) is 23.2. The Morgan fingerprint density at radius 2 is 2.12 bits per heavy atom. The summed E-state index contributed by atoms with van der Waals surface area (Å²) in [6.45, 7) is 2.22. The van der Waals surface area contributed by atoms with Crippen LogP contribution in [0.25, 0.3) is 0 Å². The van der Waals surface area contributed by atoms with Crippen molar-refractivity contribution in [3.8, 4) is 0 Å². The molecule has 4 rings (SSSR count). The molecule has 0 bridgehead atoms. The Hall–Kier alpha value is -2.19. The molecule has 0 atom stereocenters. The van der Waals surface area contributed by atoms with Crippen LogP contribution in [0.5, 0.6) is 0 Å². The zero-order valence-corrected chi connectivity index (χ0v) is 13.9. The summed E-state index contributed by atoms with van der Waals surface area (Å²) in [6, 6.07) is 3.59. The van der Waals surface area contributed by atoms with Crippen molar-refractivity contribution in [1.29, 1.82) is 0 Å². The highest BCUT2D eigenvalue weighted by atomic mass is 32.1. The minimum atomic E-state index is -0.863. The van der Waals surface area contributed by atoms with E-state index in [1.54, 1.807) is 6.07 Å². The maximum absolute atomic E-state index is 11.3. The van der Waals surface area contributed by atoms with E-state index in [0.717, 1.165) is 48.6 Å². The lowest BCUT2D eigenvalue weighted by molar-refractivity contribution is -0.0735. The van der Waals surface area contributed by atoms with E-state index >= 15 is 0 Å². The number of rotatable bonds is 2. The molecule has 1 saturated heterocycles. The molecule has 3 N–H and O–H groups in total. The summed E-state index contributed by atoms with van der Waals surface area (Å²) >= 11 is 1.36. The first-order valence-electron chi connectivity index (χ1n) is 7.90. The predicted octanol–water partition coefficient (Wildman–Crippen LogP) is 1.89. The number of carboxylic acid groups (broad SMARTS) is 1. The summed E-state index contributed by atoms with van der Waals surface area (Å²) in [5.41, 5.74) is 6.51. The number of aromatic nitrogens is 2. The van der Waals surface area contributed by atoms with E-state index in [9.17, 15) is 9.90 Å². The van der Waals surface area contributed by atoms with Crippen molar-refractivity contribution in [2.45, 2.75) is 24.9 Å². The summed E-state index contributed by atoms with van der Waals surface area (Å²) in [5.74, 6) is 0.421. The van der Waals surface area contributed by atoms with Crippen molar-refractivity contribution in [1.82, 2.24) is 9.97 Å². The van der Waals surface area contributed by atoms with E-state index in [-0.39, 0.29) is 5.60 Å². The van der Waals surface area contributed by atoms with Crippen LogP contribution in [0.2, 0.25) is 0 Å². The minimum Gasteiger partial charge on any atom is -0.477 e. The third-order valence-corrected chi connectivity index (χ3v) is 6.10. The Balaban J connectivity index is 1.58. The quantitative estimate of drug-likeness (QED) is 0.856. The number of aromatic carboxylic acids is 1. The van der Waals surface area contributed by atoms with Crippen LogP contribution in [0.4, 0.5) is 11.6 Å². The smallest absolute Gasteiger partial charge is 0.345 e. The highest BCUT2D eigenvalue weighted by Gasteiger charge is 2.43. The normalized spacial score (nSPS) is 19.2. The van der Waals surface area contributed by atoms with Crippen LogP contribution in [0.15, 0.2) is 18.5 Å². The van der Waals surface area contributed by atoms with Gasteiger partial charge in [-0.15, -0.1) is 11.3 Å². The first-order chi connectivity index (χ1) is 11.6. The second-order valence-electron chi connectivity index (χ2n) is 6.15. The van der Waals surface area contributed by atoms with Gasteiger partial charge in [-0.3, -0.25) is 0 Å². The fourth-order valence-electron chi connectivity index (χ4n) is 3.53. The predicted molar refractivity (Wildman–Crippen MR) is 90.5 cm³/mol. The topological polar surface area (TPSA) is 102 Å². The van der Waals surface area contributed by atoms with Crippen LogP contribution < -0.4 is 10.6 Å². The molecule has 24 heavy (non-hydrogen) atoms. The van der Waals surface area contributed by atoms with Gasteiger partial charge in [-0.25, -0.2) is 14.8 Å². The van der Waals surface area contributed by atoms with Gasteiger partial charge in [0.1, 0.15) is 28.4 Å². The molecule has 0 aliphatic carbocycles. The van der Waals surface area contributed by atoms with Crippen LogP contribution in [0.1, 0.15) is 33.0 Å². The number of hydrogen-bond donors (Lipinski definition) is 2. The third-order valence-electron chi connectivity index (χ3n) is 4.75. The van der Waals surface area contributed by atoms with Crippen LogP contribution in [-0.4, -0.2) is 40.7 Å². The monoisotopic (exact) mass is 346 g/mol. The van der Waals surface area contributed by atoms with Crippen LogP contribution in [0.3, 0.4) is 0 Å². The lowest BCUT2D eigenvalue weighted by Gasteiger charge is -2.44. The molecule has 0 saturated carbocycles. The molecule has 126 valence electrons. The Morgan fingerprint density at radius 3 is 2.83 bits per heavy atom. The van der Waals surface area contributed by atoms with Gasteiger partial charge in [0.05, 0.1) is 6.61 Å². The molecule has 4 heterocycles. The van der Waals surface area contributed by atoms with Gasteiger partial charge in [0, 0.05) is 24.0 Å². The number of piperidine rings is 1. The van der Waals surface area contributed by atoms with Crippen molar-refractivity contribution in [2.24, 2.45) is 0 Å². The Kier molecular flexibility index (Phi) is 3.65. The van der Waals surface area contributed by atoms with Crippen molar-refractivity contribution in [3.05, 3.63) is 33.8 Å². The van der Waals surface area contributed by atoms with Gasteiger partial charge < -0.3 is 20.5 Å². The van der Waals surface area contributed by atoms with Crippen LogP contribution in [-0.2, 0) is 16.8 Å². The summed E-state index contributed by atoms with van der Waals surface area (Å²) in [5, 5.41) is 9.27. The zero-order valence-electron chi connectivity index (χ0n) is 13.1. The summed E-state index contributed by atoms with van der Waals surface area (Å²) in [7, 11) is 0. The van der Waals surface area contributed by atoms with Crippen molar-refractivity contribution in [3.63, 3.8) is 0 Å². The summed E-state index contributed by atoms with van der Waals surface area (Å²) in [6.07, 6.45) is 3.88. The first kappa shape index (κ1) is 15.3. The number of nitrogens with two attached hydrogens (primary N) is 1. The molecule has 0 aromatic carbocycles. The van der Waals surface area contributed by atoms with Crippen molar-refractivity contribution in [2.75, 3.05) is 30.3 Å². The van der Waals surface area contributed by atoms with E-state index in [0.29, 0.717) is 17.3 Å². The average Bonchev–Trinajstić information content (AvgIpc) is 3.02. The van der Waals surface area contributed by atoms with Gasteiger partial charge >= 0.3 is 5.97 Å². The van der Waals surface area contributed by atoms with Gasteiger partial charge in [-0.2, -0.15) is 0 Å². The molecule has 0 radical (unpaired) electrons. The molecule has 2 aromatic heterocycles. The molecule has 7 nitrogen and oxygen atoms in total. The fraction of sp³-hybridized carbons (Fsp3) is 0.438. The average molecular weight is 346 g/mol. The number of carboxylic acids is 1. The molecule has 0 unspecified atom stereocenters. The van der Waals surface area contributed by atoms with E-state index in [4.69, 9.17) is 10.5 Å². The van der Waals surface area contributed by atoms with E-state index < -0.39 is 5.97 Å². The van der Waals surface area contributed by atoms with Crippen LogP contribution in [0, 0.1) is 0 Å². The largest absolute Gasteiger partial charge is 0.477 e. The molecule has 8 heteroatoms.